The fourth-order valence-corrected chi connectivity index (χ4v) is 7.21. The minimum Gasteiger partial charge on any atom is -0.460 e. The topological polar surface area (TPSA) is 114 Å². The molecule has 0 radical (unpaired) electrons. The van der Waals surface area contributed by atoms with E-state index in [9.17, 15) is 23.2 Å². The van der Waals surface area contributed by atoms with E-state index in [1.807, 2.05) is 45.0 Å². The summed E-state index contributed by atoms with van der Waals surface area (Å²) in [4.78, 5) is 60.2. The van der Waals surface area contributed by atoms with Crippen molar-refractivity contribution < 1.29 is 42.2 Å². The highest BCUT2D eigenvalue weighted by Crippen LogP contribution is 2.50. The largest absolute Gasteiger partial charge is 0.460 e. The van der Waals surface area contributed by atoms with E-state index in [1.165, 1.54) is 41.3 Å². The number of aryl methyl sites for hydroxylation is 1. The van der Waals surface area contributed by atoms with Gasteiger partial charge in [0.05, 0.1) is 23.3 Å². The highest BCUT2D eigenvalue weighted by atomic mass is 19.1. The number of hydrogen-bond donors (Lipinski definition) is 1. The zero-order chi connectivity index (χ0) is 40.2. The number of fused-ring (bicyclic) bond motifs is 2. The third-order valence-electron chi connectivity index (χ3n) is 10.0. The number of benzene rings is 5. The Morgan fingerprint density at radius 1 is 0.807 bits per heavy atom. The second-order valence-corrected chi connectivity index (χ2v) is 14.5. The number of ether oxygens (including phenoxy) is 3. The molecule has 2 aliphatic heterocycles. The van der Waals surface area contributed by atoms with E-state index in [0.717, 1.165) is 23.3 Å². The minimum absolute atomic E-state index is 0.0525. The zero-order valence-electron chi connectivity index (χ0n) is 31.6. The predicted molar refractivity (Wildman–Crippen MR) is 208 cm³/mol. The molecule has 0 saturated carbocycles. The van der Waals surface area contributed by atoms with Crippen molar-refractivity contribution in [2.24, 2.45) is 5.92 Å². The molecule has 0 saturated heterocycles. The monoisotopic (exact) mass is 773 g/mol. The standard InChI is InChI=1S/C45H41F2N3O7/c1-27(2)21-36(48-42(51)30-13-17-33(46)18-14-30)44(53)50-37-23-40-39(56-26-57-40)22-35(37)41(38(50)25-55-45(54)32-7-5-4-6-8-32)49(24-29-11-9-28(3)10-12-29)43(52)31-15-19-34(47)20-16-31/h4-20,22-23,27,36,38,41H,21,24-26H2,1-3H3,(H,48,51)/t36-,38+,41-/m0/s1. The fourth-order valence-electron chi connectivity index (χ4n) is 7.21. The lowest BCUT2D eigenvalue weighted by Crippen LogP contribution is -2.55. The average Bonchev–Trinajstić information content (AvgIpc) is 3.80. The molecule has 5 aromatic rings. The molecule has 7 rings (SSSR count). The first-order valence-corrected chi connectivity index (χ1v) is 18.6. The Labute approximate surface area is 329 Å². The Kier molecular flexibility index (Phi) is 11.3. The number of nitrogens with one attached hydrogen (secondary N) is 1. The van der Waals surface area contributed by atoms with Crippen LogP contribution in [0, 0.1) is 24.5 Å². The van der Waals surface area contributed by atoms with Gasteiger partial charge in [-0.1, -0.05) is 61.9 Å². The minimum atomic E-state index is -1.11. The number of halogens is 2. The van der Waals surface area contributed by atoms with E-state index in [1.54, 1.807) is 47.4 Å². The van der Waals surface area contributed by atoms with Crippen molar-refractivity contribution >= 4 is 29.4 Å². The SMILES string of the molecule is Cc1ccc(CN(C(=O)c2ccc(F)cc2)[C@H]2c3cc4c(cc3N(C(=O)[C@H](CC(C)C)NC(=O)c3ccc(F)cc3)[C@@H]2COC(=O)c2ccccc2)OCO4)cc1. The second kappa shape index (κ2) is 16.7. The van der Waals surface area contributed by atoms with Gasteiger partial charge in [-0.2, -0.15) is 0 Å². The van der Waals surface area contributed by atoms with E-state index in [4.69, 9.17) is 14.2 Å². The van der Waals surface area contributed by atoms with Crippen LogP contribution in [0.2, 0.25) is 0 Å². The van der Waals surface area contributed by atoms with Crippen LogP contribution < -0.4 is 19.7 Å². The van der Waals surface area contributed by atoms with Crippen LogP contribution in [0.25, 0.3) is 0 Å². The lowest BCUT2D eigenvalue weighted by atomic mass is 9.98. The fraction of sp³-hybridized carbons (Fsp3) is 0.244. The van der Waals surface area contributed by atoms with Gasteiger partial charge in [0.2, 0.25) is 12.7 Å². The molecule has 0 aromatic heterocycles. The molecule has 10 nitrogen and oxygen atoms in total. The lowest BCUT2D eigenvalue weighted by Gasteiger charge is -2.37. The molecule has 0 unspecified atom stereocenters. The Morgan fingerprint density at radius 2 is 1.42 bits per heavy atom. The Hall–Kier alpha value is -6.56. The van der Waals surface area contributed by atoms with Gasteiger partial charge in [0.15, 0.2) is 11.5 Å². The van der Waals surface area contributed by atoms with Crippen molar-refractivity contribution in [3.05, 3.63) is 160 Å². The van der Waals surface area contributed by atoms with E-state index in [-0.39, 0.29) is 49.0 Å². The first kappa shape index (κ1) is 38.7. The number of anilines is 1. The molecule has 5 aromatic carbocycles. The Bertz CT molecular complexity index is 2270. The average molecular weight is 774 g/mol. The molecular weight excluding hydrogens is 733 g/mol. The van der Waals surface area contributed by atoms with Gasteiger partial charge in [0.1, 0.15) is 24.3 Å². The van der Waals surface area contributed by atoms with Crippen LogP contribution in [0.15, 0.2) is 115 Å². The van der Waals surface area contributed by atoms with E-state index in [2.05, 4.69) is 5.32 Å². The van der Waals surface area contributed by atoms with Gasteiger partial charge in [-0.05, 0) is 91.6 Å². The van der Waals surface area contributed by atoms with Crippen molar-refractivity contribution in [1.82, 2.24) is 10.2 Å². The van der Waals surface area contributed by atoms with Crippen molar-refractivity contribution in [3.8, 4) is 11.5 Å². The van der Waals surface area contributed by atoms with Crippen molar-refractivity contribution in [3.63, 3.8) is 0 Å². The molecule has 0 spiro atoms. The number of rotatable bonds is 12. The van der Waals surface area contributed by atoms with Gasteiger partial charge in [-0.3, -0.25) is 14.4 Å². The van der Waals surface area contributed by atoms with Crippen LogP contribution in [-0.2, 0) is 16.1 Å². The highest BCUT2D eigenvalue weighted by molar-refractivity contribution is 6.05. The summed E-state index contributed by atoms with van der Waals surface area (Å²) in [6, 6.07) is 26.5. The van der Waals surface area contributed by atoms with Gasteiger partial charge >= 0.3 is 5.97 Å². The molecule has 3 amide bonds. The number of hydrogen-bond acceptors (Lipinski definition) is 7. The molecule has 0 bridgehead atoms. The predicted octanol–water partition coefficient (Wildman–Crippen LogP) is 7.80. The maximum absolute atomic E-state index is 15.2. The first-order chi connectivity index (χ1) is 27.5. The third kappa shape index (κ3) is 8.50. The van der Waals surface area contributed by atoms with Gasteiger partial charge in [-0.25, -0.2) is 13.6 Å². The summed E-state index contributed by atoms with van der Waals surface area (Å²) in [5.74, 6) is -2.60. The maximum Gasteiger partial charge on any atom is 0.338 e. The third-order valence-corrected chi connectivity index (χ3v) is 10.0. The van der Waals surface area contributed by atoms with Crippen LogP contribution in [0.5, 0.6) is 11.5 Å². The molecule has 12 heteroatoms. The van der Waals surface area contributed by atoms with E-state index >= 15 is 4.79 Å². The van der Waals surface area contributed by atoms with Gasteiger partial charge < -0.3 is 29.3 Å². The molecule has 2 heterocycles. The van der Waals surface area contributed by atoms with E-state index in [0.29, 0.717) is 22.7 Å². The van der Waals surface area contributed by atoms with Crippen molar-refractivity contribution in [1.29, 1.82) is 0 Å². The summed E-state index contributed by atoms with van der Waals surface area (Å²) >= 11 is 0. The maximum atomic E-state index is 15.2. The molecule has 2 aliphatic rings. The van der Waals surface area contributed by atoms with Crippen LogP contribution >= 0.6 is 0 Å². The Balaban J connectivity index is 1.37. The summed E-state index contributed by atoms with van der Waals surface area (Å²) in [7, 11) is 0. The quantitative estimate of drug-likeness (QED) is 0.129. The van der Waals surface area contributed by atoms with Gasteiger partial charge in [0.25, 0.3) is 11.8 Å². The molecule has 57 heavy (non-hydrogen) atoms. The number of nitrogens with zero attached hydrogens (tertiary/aromatic N) is 2. The normalized spacial score (nSPS) is 15.9. The second-order valence-electron chi connectivity index (χ2n) is 14.5. The van der Waals surface area contributed by atoms with E-state index < -0.39 is 53.5 Å². The summed E-state index contributed by atoms with van der Waals surface area (Å²) in [6.07, 6.45) is 0.213. The highest BCUT2D eigenvalue weighted by Gasteiger charge is 2.49. The summed E-state index contributed by atoms with van der Waals surface area (Å²) < 4.78 is 45.5. The zero-order valence-corrected chi connectivity index (χ0v) is 31.6. The Morgan fingerprint density at radius 3 is 2.05 bits per heavy atom. The lowest BCUT2D eigenvalue weighted by molar-refractivity contribution is -0.121. The van der Waals surface area contributed by atoms with Crippen LogP contribution in [0.4, 0.5) is 14.5 Å². The summed E-state index contributed by atoms with van der Waals surface area (Å²) in [6.45, 7) is 5.38. The molecule has 292 valence electrons. The smallest absolute Gasteiger partial charge is 0.338 e. The first-order valence-electron chi connectivity index (χ1n) is 18.6. The number of carbonyl (C=O) groups is 4. The molecule has 3 atom stereocenters. The van der Waals surface area contributed by atoms with Crippen molar-refractivity contribution in [2.75, 3.05) is 18.3 Å². The number of esters is 1. The molecule has 0 aliphatic carbocycles. The summed E-state index contributed by atoms with van der Waals surface area (Å²) in [5.41, 5.74) is 3.28. The number of amides is 3. The molecule has 0 fully saturated rings. The van der Waals surface area contributed by atoms with Crippen LogP contribution in [0.1, 0.15) is 74.1 Å². The van der Waals surface area contributed by atoms with Crippen LogP contribution in [-0.4, -0.2) is 54.1 Å². The number of carbonyl (C=O) groups excluding carboxylic acids is 4. The van der Waals surface area contributed by atoms with Gasteiger partial charge in [0, 0.05) is 29.3 Å². The van der Waals surface area contributed by atoms with Gasteiger partial charge in [-0.15, -0.1) is 0 Å². The molecular formula is C45H41F2N3O7. The summed E-state index contributed by atoms with van der Waals surface area (Å²) in [5, 5.41) is 2.87. The van der Waals surface area contributed by atoms with Crippen molar-refractivity contribution in [2.45, 2.75) is 51.9 Å². The van der Waals surface area contributed by atoms with Crippen LogP contribution in [0.3, 0.4) is 0 Å². The molecule has 1 N–H and O–H groups in total.